The number of amides is 4. The monoisotopic (exact) mass is 446 g/mol. The molecule has 30 heavy (non-hydrogen) atoms. The molecule has 0 aliphatic carbocycles. The third kappa shape index (κ3) is 7.04. The maximum Gasteiger partial charge on any atom is 0.235 e. The summed E-state index contributed by atoms with van der Waals surface area (Å²) in [4.78, 5) is 56.6. The van der Waals surface area contributed by atoms with Gasteiger partial charge in [-0.25, -0.2) is 9.97 Å². The molecule has 2 aromatic rings. The first kappa shape index (κ1) is 21.6. The lowest BCUT2D eigenvalue weighted by Gasteiger charge is -2.10. The van der Waals surface area contributed by atoms with E-state index in [1.807, 2.05) is 0 Å². The summed E-state index contributed by atoms with van der Waals surface area (Å²) >= 11 is 2.26. The van der Waals surface area contributed by atoms with Crippen molar-refractivity contribution >= 4 is 70.4 Å². The summed E-state index contributed by atoms with van der Waals surface area (Å²) in [6, 6.07) is 9.66. The van der Waals surface area contributed by atoms with Crippen LogP contribution < -0.4 is 21.3 Å². The van der Waals surface area contributed by atoms with E-state index in [0.29, 0.717) is 0 Å². The second-order valence-electron chi connectivity index (χ2n) is 5.99. The Bertz CT molecular complexity index is 827. The molecule has 12 heteroatoms. The van der Waals surface area contributed by atoms with Gasteiger partial charge in [-0.05, 0) is 24.3 Å². The minimum absolute atomic E-state index is 0.0475. The van der Waals surface area contributed by atoms with E-state index >= 15 is 0 Å². The van der Waals surface area contributed by atoms with Crippen molar-refractivity contribution in [3.63, 3.8) is 0 Å². The molecule has 4 amide bonds. The Kier molecular flexibility index (Phi) is 7.63. The first-order valence-electron chi connectivity index (χ1n) is 8.77. The van der Waals surface area contributed by atoms with Crippen LogP contribution >= 0.6 is 23.5 Å². The SMILES string of the molecule is O=C1CSCC(=O)Nc2cccc(n2)NC(=O)CSCC(=O)Nc2cccc(n2)N1. The summed E-state index contributed by atoms with van der Waals surface area (Å²) in [7, 11) is 0. The number of carbonyl (C=O) groups is 4. The van der Waals surface area contributed by atoms with E-state index in [1.165, 1.54) is 0 Å². The van der Waals surface area contributed by atoms with Gasteiger partial charge in [0.25, 0.3) is 0 Å². The van der Waals surface area contributed by atoms with Crippen LogP contribution in [-0.2, 0) is 19.2 Å². The highest BCUT2D eigenvalue weighted by Gasteiger charge is 2.11. The molecule has 0 aromatic carbocycles. The molecule has 0 spiro atoms. The highest BCUT2D eigenvalue weighted by Crippen LogP contribution is 2.13. The average molecular weight is 447 g/mol. The first-order valence-corrected chi connectivity index (χ1v) is 11.1. The van der Waals surface area contributed by atoms with E-state index < -0.39 is 0 Å². The van der Waals surface area contributed by atoms with Crippen molar-refractivity contribution in [1.29, 1.82) is 0 Å². The van der Waals surface area contributed by atoms with Gasteiger partial charge in [0.2, 0.25) is 23.6 Å². The van der Waals surface area contributed by atoms with Crippen LogP contribution in [0.5, 0.6) is 0 Å². The number of hydrogen-bond acceptors (Lipinski definition) is 8. The molecule has 4 bridgehead atoms. The first-order chi connectivity index (χ1) is 14.5. The van der Waals surface area contributed by atoms with E-state index in [0.717, 1.165) is 23.5 Å². The number of nitrogens with zero attached hydrogens (tertiary/aromatic N) is 2. The van der Waals surface area contributed by atoms with Crippen molar-refractivity contribution in [2.24, 2.45) is 0 Å². The molecule has 0 atom stereocenters. The molecular weight excluding hydrogens is 428 g/mol. The second-order valence-corrected chi connectivity index (χ2v) is 7.97. The molecular formula is C18H18N6O4S2. The number of fused-ring (bicyclic) bond motifs is 4. The fourth-order valence-corrected chi connectivity index (χ4v) is 3.57. The molecule has 156 valence electrons. The number of thioether (sulfide) groups is 2. The molecule has 1 aliphatic rings. The van der Waals surface area contributed by atoms with Crippen molar-refractivity contribution in [3.05, 3.63) is 36.4 Å². The van der Waals surface area contributed by atoms with Crippen molar-refractivity contribution in [1.82, 2.24) is 9.97 Å². The molecule has 0 saturated carbocycles. The lowest BCUT2D eigenvalue weighted by molar-refractivity contribution is -0.115. The Labute approximate surface area is 180 Å². The van der Waals surface area contributed by atoms with E-state index in [1.54, 1.807) is 36.4 Å². The van der Waals surface area contributed by atoms with Crippen LogP contribution in [0.3, 0.4) is 0 Å². The van der Waals surface area contributed by atoms with Gasteiger partial charge in [-0.1, -0.05) is 12.1 Å². The molecule has 1 aliphatic heterocycles. The van der Waals surface area contributed by atoms with Crippen LogP contribution in [0.15, 0.2) is 36.4 Å². The summed E-state index contributed by atoms with van der Waals surface area (Å²) in [6.45, 7) is 0. The van der Waals surface area contributed by atoms with E-state index in [9.17, 15) is 19.2 Å². The zero-order valence-electron chi connectivity index (χ0n) is 15.6. The number of aromatic nitrogens is 2. The summed E-state index contributed by atoms with van der Waals surface area (Å²) < 4.78 is 0. The van der Waals surface area contributed by atoms with Gasteiger partial charge in [0.15, 0.2) is 0 Å². The summed E-state index contributed by atoms with van der Waals surface area (Å²) in [6.07, 6.45) is 0. The maximum atomic E-state index is 12.1. The van der Waals surface area contributed by atoms with Crippen LogP contribution in [0.2, 0.25) is 0 Å². The molecule has 0 fully saturated rings. The maximum absolute atomic E-state index is 12.1. The molecule has 4 N–H and O–H groups in total. The lowest BCUT2D eigenvalue weighted by Crippen LogP contribution is -2.21. The highest BCUT2D eigenvalue weighted by molar-refractivity contribution is 8.00. The number of anilines is 4. The standard InChI is InChI=1S/C18H18N6O4S2/c25-15-7-29-9-17(27)23-13-5-2-6-14(20-13)24-18(28)10-30-8-16(26)22-12-4-1-3-11(19-12)21-15/h1-6H,7-10H2,(H2,19,21,22,25,26)(H2,20,23,24,27,28). The van der Waals surface area contributed by atoms with Crippen molar-refractivity contribution in [2.45, 2.75) is 0 Å². The van der Waals surface area contributed by atoms with Crippen LogP contribution in [0, 0.1) is 0 Å². The van der Waals surface area contributed by atoms with Gasteiger partial charge in [-0.15, -0.1) is 23.5 Å². The van der Waals surface area contributed by atoms with Crippen LogP contribution in [0.4, 0.5) is 23.3 Å². The van der Waals surface area contributed by atoms with Crippen molar-refractivity contribution in [2.75, 3.05) is 44.3 Å². The highest BCUT2D eigenvalue weighted by atomic mass is 32.2. The quantitative estimate of drug-likeness (QED) is 0.476. The summed E-state index contributed by atoms with van der Waals surface area (Å²) in [5.41, 5.74) is 0. The van der Waals surface area contributed by atoms with Gasteiger partial charge in [-0.2, -0.15) is 0 Å². The number of nitrogens with one attached hydrogen (secondary N) is 4. The number of hydrogen-bond donors (Lipinski definition) is 4. The number of rotatable bonds is 0. The molecule has 0 unspecified atom stereocenters. The molecule has 10 nitrogen and oxygen atoms in total. The Balaban J connectivity index is 1.71. The molecule has 2 aromatic heterocycles. The van der Waals surface area contributed by atoms with Crippen LogP contribution in [0.1, 0.15) is 0 Å². The molecule has 3 heterocycles. The number of carbonyl (C=O) groups excluding carboxylic acids is 4. The number of pyridine rings is 2. The third-order valence-corrected chi connectivity index (χ3v) is 5.37. The molecule has 0 radical (unpaired) electrons. The Morgan fingerprint density at radius 1 is 0.533 bits per heavy atom. The van der Waals surface area contributed by atoms with Crippen LogP contribution in [-0.4, -0.2) is 56.6 Å². The fourth-order valence-electron chi connectivity index (χ4n) is 2.34. The average Bonchev–Trinajstić information content (AvgIpc) is 2.67. The van der Waals surface area contributed by atoms with Gasteiger partial charge in [0, 0.05) is 0 Å². The zero-order chi connectivity index (χ0) is 21.3. The van der Waals surface area contributed by atoms with E-state index in [2.05, 4.69) is 31.2 Å². The largest absolute Gasteiger partial charge is 0.310 e. The topological polar surface area (TPSA) is 142 Å². The van der Waals surface area contributed by atoms with Gasteiger partial charge in [0.1, 0.15) is 23.3 Å². The second kappa shape index (κ2) is 10.6. The lowest BCUT2D eigenvalue weighted by atomic mass is 10.4. The van der Waals surface area contributed by atoms with E-state index in [-0.39, 0.29) is 69.9 Å². The van der Waals surface area contributed by atoms with Gasteiger partial charge < -0.3 is 21.3 Å². The predicted octanol–water partition coefficient (Wildman–Crippen LogP) is 1.41. The smallest absolute Gasteiger partial charge is 0.235 e. The zero-order valence-corrected chi connectivity index (χ0v) is 17.3. The molecule has 0 saturated heterocycles. The van der Waals surface area contributed by atoms with Gasteiger partial charge in [0.05, 0.1) is 23.0 Å². The van der Waals surface area contributed by atoms with E-state index in [4.69, 9.17) is 0 Å². The minimum Gasteiger partial charge on any atom is -0.310 e. The summed E-state index contributed by atoms with van der Waals surface area (Å²) in [5.74, 6) is 0.0302. The van der Waals surface area contributed by atoms with Crippen LogP contribution in [0.25, 0.3) is 0 Å². The van der Waals surface area contributed by atoms with Crippen molar-refractivity contribution in [3.8, 4) is 0 Å². The molecule has 3 rings (SSSR count). The summed E-state index contributed by atoms with van der Waals surface area (Å²) in [5, 5.41) is 10.5. The Morgan fingerprint density at radius 3 is 1.07 bits per heavy atom. The predicted molar refractivity (Wildman–Crippen MR) is 118 cm³/mol. The Hall–Kier alpha value is -3.12. The van der Waals surface area contributed by atoms with Gasteiger partial charge in [-0.3, -0.25) is 19.2 Å². The normalized spacial score (nSPS) is 16.5. The third-order valence-electron chi connectivity index (χ3n) is 3.50. The minimum atomic E-state index is -0.323. The van der Waals surface area contributed by atoms with Gasteiger partial charge >= 0.3 is 0 Å². The van der Waals surface area contributed by atoms with Crippen molar-refractivity contribution < 1.29 is 19.2 Å². The Morgan fingerprint density at radius 2 is 0.800 bits per heavy atom. The fraction of sp³-hybridized carbons (Fsp3) is 0.222.